The van der Waals surface area contributed by atoms with E-state index >= 15 is 0 Å². The quantitative estimate of drug-likeness (QED) is 0.717. The fourth-order valence-corrected chi connectivity index (χ4v) is 1.65. The molecule has 0 aliphatic carbocycles. The fourth-order valence-electron chi connectivity index (χ4n) is 1.65. The molecule has 0 spiro atoms. The Morgan fingerprint density at radius 2 is 2.40 bits per heavy atom. The largest absolute Gasteiger partial charge is 0.462 e. The van der Waals surface area contributed by atoms with Gasteiger partial charge in [-0.15, -0.1) is 0 Å². The smallest absolute Gasteiger partial charge is 0.341 e. The van der Waals surface area contributed by atoms with E-state index in [9.17, 15) is 9.59 Å². The average molecular weight is 208 g/mol. The van der Waals surface area contributed by atoms with Crippen LogP contribution in [0, 0.1) is 0 Å². The van der Waals surface area contributed by atoms with Gasteiger partial charge in [0.25, 0.3) is 5.56 Å². The molecular formula is C10H12N2O3. The Labute approximate surface area is 86.7 Å². The first-order chi connectivity index (χ1) is 7.24. The van der Waals surface area contributed by atoms with E-state index in [2.05, 4.69) is 5.32 Å². The van der Waals surface area contributed by atoms with Crippen LogP contribution in [0.25, 0.3) is 0 Å². The van der Waals surface area contributed by atoms with Crippen LogP contribution in [-0.4, -0.2) is 23.7 Å². The van der Waals surface area contributed by atoms with E-state index in [0.717, 1.165) is 0 Å². The van der Waals surface area contributed by atoms with E-state index in [1.807, 2.05) is 0 Å². The van der Waals surface area contributed by atoms with Crippen LogP contribution in [0.4, 0.5) is 5.82 Å². The van der Waals surface area contributed by atoms with E-state index in [0.29, 0.717) is 31.1 Å². The lowest BCUT2D eigenvalue weighted by Gasteiger charge is -2.07. The van der Waals surface area contributed by atoms with Gasteiger partial charge >= 0.3 is 5.97 Å². The summed E-state index contributed by atoms with van der Waals surface area (Å²) in [6.45, 7) is 3.35. The van der Waals surface area contributed by atoms with Crippen molar-refractivity contribution in [2.45, 2.75) is 13.5 Å². The van der Waals surface area contributed by atoms with Crippen LogP contribution in [0.3, 0.4) is 0 Å². The second kappa shape index (κ2) is 3.76. The number of pyridine rings is 1. The first kappa shape index (κ1) is 9.76. The molecule has 1 aromatic rings. The van der Waals surface area contributed by atoms with Crippen LogP contribution in [0.15, 0.2) is 16.9 Å². The van der Waals surface area contributed by atoms with Crippen LogP contribution >= 0.6 is 0 Å². The first-order valence-electron chi connectivity index (χ1n) is 4.89. The Kier molecular flexibility index (Phi) is 2.45. The molecule has 80 valence electrons. The molecule has 2 heterocycles. The number of rotatable bonds is 2. The van der Waals surface area contributed by atoms with Crippen LogP contribution in [0.5, 0.6) is 0 Å². The second-order valence-electron chi connectivity index (χ2n) is 3.23. The maximum absolute atomic E-state index is 11.5. The summed E-state index contributed by atoms with van der Waals surface area (Å²) in [5.74, 6) is 0.177. The van der Waals surface area contributed by atoms with E-state index in [4.69, 9.17) is 4.74 Å². The number of hydrogen-bond donors (Lipinski definition) is 1. The molecule has 0 amide bonds. The van der Waals surface area contributed by atoms with Gasteiger partial charge in [0.15, 0.2) is 0 Å². The number of ether oxygens (including phenoxy) is 1. The number of hydrogen-bond acceptors (Lipinski definition) is 4. The molecule has 0 aromatic carbocycles. The van der Waals surface area contributed by atoms with Gasteiger partial charge in [-0.2, -0.15) is 0 Å². The Hall–Kier alpha value is -1.78. The fraction of sp³-hybridized carbons (Fsp3) is 0.400. The normalized spacial score (nSPS) is 13.1. The van der Waals surface area contributed by atoms with Crippen molar-refractivity contribution >= 4 is 11.8 Å². The Morgan fingerprint density at radius 1 is 1.60 bits per heavy atom. The van der Waals surface area contributed by atoms with Crippen molar-refractivity contribution in [2.24, 2.45) is 0 Å². The lowest BCUT2D eigenvalue weighted by Crippen LogP contribution is -2.19. The van der Waals surface area contributed by atoms with Crippen molar-refractivity contribution in [3.8, 4) is 0 Å². The summed E-state index contributed by atoms with van der Waals surface area (Å²) >= 11 is 0. The molecule has 5 nitrogen and oxygen atoms in total. The molecule has 2 rings (SSSR count). The van der Waals surface area contributed by atoms with Crippen LogP contribution in [0.2, 0.25) is 0 Å². The zero-order chi connectivity index (χ0) is 10.8. The van der Waals surface area contributed by atoms with E-state index in [-0.39, 0.29) is 5.56 Å². The molecule has 1 aliphatic heterocycles. The molecular weight excluding hydrogens is 196 g/mol. The molecule has 0 atom stereocenters. The minimum atomic E-state index is -0.393. The predicted molar refractivity (Wildman–Crippen MR) is 55.1 cm³/mol. The maximum atomic E-state index is 11.5. The minimum Gasteiger partial charge on any atom is -0.462 e. The molecule has 15 heavy (non-hydrogen) atoms. The van der Waals surface area contributed by atoms with Crippen LogP contribution in [-0.2, 0) is 11.3 Å². The zero-order valence-electron chi connectivity index (χ0n) is 8.45. The molecule has 0 saturated carbocycles. The number of carbonyl (C=O) groups is 1. The molecule has 1 aliphatic rings. The van der Waals surface area contributed by atoms with Crippen molar-refractivity contribution in [3.63, 3.8) is 0 Å². The molecule has 0 saturated heterocycles. The highest BCUT2D eigenvalue weighted by Gasteiger charge is 2.20. The number of carbonyl (C=O) groups excluding carboxylic acids is 1. The molecule has 0 bridgehead atoms. The molecule has 5 heteroatoms. The summed E-state index contributed by atoms with van der Waals surface area (Å²) in [5.41, 5.74) is 0.331. The number of nitrogens with zero attached hydrogens (tertiary/aromatic N) is 1. The zero-order valence-corrected chi connectivity index (χ0v) is 8.45. The maximum Gasteiger partial charge on any atom is 0.341 e. The highest BCUT2D eigenvalue weighted by molar-refractivity contribution is 5.94. The third-order valence-electron chi connectivity index (χ3n) is 2.31. The molecule has 0 radical (unpaired) electrons. The number of esters is 1. The van der Waals surface area contributed by atoms with Gasteiger partial charge in [0.1, 0.15) is 11.4 Å². The summed E-state index contributed by atoms with van der Waals surface area (Å²) < 4.78 is 6.45. The number of fused-ring (bicyclic) bond motifs is 1. The predicted octanol–water partition coefficient (Wildman–Crippen LogP) is 0.450. The van der Waals surface area contributed by atoms with Gasteiger partial charge in [-0.05, 0) is 13.0 Å². The average Bonchev–Trinajstić information content (AvgIpc) is 2.68. The summed E-state index contributed by atoms with van der Waals surface area (Å²) in [6, 6.07) is 2.90. The molecule has 0 unspecified atom stereocenters. The van der Waals surface area contributed by atoms with Gasteiger partial charge in [0.2, 0.25) is 0 Å². The van der Waals surface area contributed by atoms with Gasteiger partial charge in [-0.3, -0.25) is 9.36 Å². The van der Waals surface area contributed by atoms with Crippen molar-refractivity contribution in [2.75, 3.05) is 18.5 Å². The third kappa shape index (κ3) is 1.60. The summed E-state index contributed by atoms with van der Waals surface area (Å²) in [7, 11) is 0. The number of nitrogens with one attached hydrogen (secondary N) is 1. The summed E-state index contributed by atoms with van der Waals surface area (Å²) in [6.07, 6.45) is 0. The van der Waals surface area contributed by atoms with Gasteiger partial charge in [0, 0.05) is 19.2 Å². The van der Waals surface area contributed by atoms with Crippen LogP contribution in [0.1, 0.15) is 17.3 Å². The second-order valence-corrected chi connectivity index (χ2v) is 3.23. The number of aromatic nitrogens is 1. The lowest BCUT2D eigenvalue weighted by molar-refractivity contribution is 0.0527. The van der Waals surface area contributed by atoms with E-state index in [1.165, 1.54) is 12.1 Å². The van der Waals surface area contributed by atoms with Gasteiger partial charge < -0.3 is 10.1 Å². The van der Waals surface area contributed by atoms with E-state index < -0.39 is 5.97 Å². The van der Waals surface area contributed by atoms with Crippen molar-refractivity contribution in [1.29, 1.82) is 0 Å². The summed E-state index contributed by atoms with van der Waals surface area (Å²) in [5, 5.41) is 3.01. The van der Waals surface area contributed by atoms with Gasteiger partial charge in [-0.1, -0.05) is 0 Å². The van der Waals surface area contributed by atoms with Crippen LogP contribution < -0.4 is 10.9 Å². The van der Waals surface area contributed by atoms with Gasteiger partial charge in [-0.25, -0.2) is 4.79 Å². The van der Waals surface area contributed by atoms with Gasteiger partial charge in [0.05, 0.1) is 6.61 Å². The Balaban J connectivity index is 2.46. The summed E-state index contributed by atoms with van der Waals surface area (Å²) in [4.78, 5) is 23.0. The standard InChI is InChI=1S/C10H12N2O3/c1-2-15-10(14)7-3-4-8(13)12-6-5-11-9(7)12/h3-4,11H,2,5-6H2,1H3. The topological polar surface area (TPSA) is 60.3 Å². The SMILES string of the molecule is CCOC(=O)c1ccc(=O)n2c1NCC2. The highest BCUT2D eigenvalue weighted by Crippen LogP contribution is 2.18. The molecule has 1 aromatic heterocycles. The monoisotopic (exact) mass is 208 g/mol. The lowest BCUT2D eigenvalue weighted by atomic mass is 10.2. The Morgan fingerprint density at radius 3 is 3.13 bits per heavy atom. The number of anilines is 1. The van der Waals surface area contributed by atoms with Crippen molar-refractivity contribution in [1.82, 2.24) is 4.57 Å². The van der Waals surface area contributed by atoms with E-state index in [1.54, 1.807) is 11.5 Å². The highest BCUT2D eigenvalue weighted by atomic mass is 16.5. The minimum absolute atomic E-state index is 0.0944. The molecule has 0 fully saturated rings. The van der Waals surface area contributed by atoms with Crippen molar-refractivity contribution in [3.05, 3.63) is 28.0 Å². The third-order valence-corrected chi connectivity index (χ3v) is 2.31. The molecule has 1 N–H and O–H groups in total. The Bertz CT molecular complexity index is 450. The van der Waals surface area contributed by atoms with Crippen molar-refractivity contribution < 1.29 is 9.53 Å². The first-order valence-corrected chi connectivity index (χ1v) is 4.89.